The van der Waals surface area contributed by atoms with E-state index in [1.165, 1.54) is 0 Å². The molecule has 2 amide bonds. The van der Waals surface area contributed by atoms with Gasteiger partial charge in [0.1, 0.15) is 0 Å². The van der Waals surface area contributed by atoms with Gasteiger partial charge in [-0.2, -0.15) is 0 Å². The third-order valence-electron chi connectivity index (χ3n) is 2.80. The molecule has 1 aromatic rings. The average molecular weight is 280 g/mol. The number of hydrogen-bond acceptors (Lipinski definition) is 3. The molecule has 0 radical (unpaired) electrons. The molecular formula is C15H24N2O3. The van der Waals surface area contributed by atoms with E-state index in [9.17, 15) is 4.79 Å². The molecule has 0 fully saturated rings. The Hall–Kier alpha value is -1.91. The molecule has 0 unspecified atom stereocenters. The first kappa shape index (κ1) is 16.1. The van der Waals surface area contributed by atoms with E-state index in [1.807, 2.05) is 32.0 Å². The lowest BCUT2D eigenvalue weighted by Gasteiger charge is -2.11. The predicted molar refractivity (Wildman–Crippen MR) is 79.5 cm³/mol. The first-order chi connectivity index (χ1) is 9.56. The van der Waals surface area contributed by atoms with Crippen molar-refractivity contribution in [3.05, 3.63) is 23.8 Å². The molecule has 0 aliphatic carbocycles. The molecule has 112 valence electrons. The molecule has 0 bridgehead atoms. The first-order valence-corrected chi connectivity index (χ1v) is 6.82. The minimum atomic E-state index is -0.118. The summed E-state index contributed by atoms with van der Waals surface area (Å²) in [5, 5.41) is 5.62. The molecule has 0 aliphatic rings. The van der Waals surface area contributed by atoms with Gasteiger partial charge in [0.2, 0.25) is 0 Å². The van der Waals surface area contributed by atoms with Gasteiger partial charge in [0.15, 0.2) is 11.5 Å². The topological polar surface area (TPSA) is 59.6 Å². The average Bonchev–Trinajstić information content (AvgIpc) is 2.42. The molecule has 0 atom stereocenters. The van der Waals surface area contributed by atoms with Gasteiger partial charge in [-0.1, -0.05) is 6.07 Å². The highest BCUT2D eigenvalue weighted by Crippen LogP contribution is 2.27. The van der Waals surface area contributed by atoms with E-state index >= 15 is 0 Å². The van der Waals surface area contributed by atoms with E-state index in [1.54, 1.807) is 14.2 Å². The number of urea groups is 1. The van der Waals surface area contributed by atoms with Crippen molar-refractivity contribution in [2.24, 2.45) is 0 Å². The number of nitrogens with one attached hydrogen (secondary N) is 2. The summed E-state index contributed by atoms with van der Waals surface area (Å²) in [6.45, 7) is 4.51. The monoisotopic (exact) mass is 280 g/mol. The minimum Gasteiger partial charge on any atom is -0.493 e. The number of hydrogen-bond donors (Lipinski definition) is 2. The zero-order chi connectivity index (χ0) is 15.0. The lowest BCUT2D eigenvalue weighted by molar-refractivity contribution is 0.238. The van der Waals surface area contributed by atoms with Crippen LogP contribution in [0.2, 0.25) is 0 Å². The number of rotatable bonds is 7. The molecule has 5 heteroatoms. The van der Waals surface area contributed by atoms with Crippen LogP contribution in [-0.4, -0.2) is 32.8 Å². The van der Waals surface area contributed by atoms with Crippen molar-refractivity contribution < 1.29 is 14.3 Å². The fourth-order valence-electron chi connectivity index (χ4n) is 1.84. The summed E-state index contributed by atoms with van der Waals surface area (Å²) in [5.41, 5.74) is 1.16. The summed E-state index contributed by atoms with van der Waals surface area (Å²) in [5.74, 6) is 1.46. The Morgan fingerprint density at radius 2 is 1.90 bits per heavy atom. The summed E-state index contributed by atoms with van der Waals surface area (Å²) in [4.78, 5) is 11.4. The van der Waals surface area contributed by atoms with E-state index in [-0.39, 0.29) is 12.1 Å². The highest BCUT2D eigenvalue weighted by molar-refractivity contribution is 5.73. The Kier molecular flexibility index (Phi) is 6.70. The SMILES string of the molecule is COc1ccc(CCCNC(=O)NC(C)C)cc1OC. The molecule has 1 rings (SSSR count). The summed E-state index contributed by atoms with van der Waals surface area (Å²) in [6, 6.07) is 5.91. The van der Waals surface area contributed by atoms with Crippen LogP contribution in [0, 0.1) is 0 Å². The highest BCUT2D eigenvalue weighted by Gasteiger charge is 2.05. The number of carbonyl (C=O) groups is 1. The highest BCUT2D eigenvalue weighted by atomic mass is 16.5. The summed E-state index contributed by atoms with van der Waals surface area (Å²) in [6.07, 6.45) is 1.75. The largest absolute Gasteiger partial charge is 0.493 e. The van der Waals surface area contributed by atoms with Crippen LogP contribution in [0.25, 0.3) is 0 Å². The van der Waals surface area contributed by atoms with Crippen molar-refractivity contribution in [2.45, 2.75) is 32.7 Å². The Balaban J connectivity index is 2.37. The smallest absolute Gasteiger partial charge is 0.314 e. The lowest BCUT2D eigenvalue weighted by Crippen LogP contribution is -2.39. The maximum Gasteiger partial charge on any atom is 0.314 e. The van der Waals surface area contributed by atoms with Gasteiger partial charge in [-0.05, 0) is 44.4 Å². The van der Waals surface area contributed by atoms with Crippen LogP contribution in [0.1, 0.15) is 25.8 Å². The van der Waals surface area contributed by atoms with Crippen LogP contribution in [0.15, 0.2) is 18.2 Å². The first-order valence-electron chi connectivity index (χ1n) is 6.82. The number of aryl methyl sites for hydroxylation is 1. The maximum atomic E-state index is 11.4. The van der Waals surface area contributed by atoms with Crippen molar-refractivity contribution >= 4 is 6.03 Å². The third-order valence-corrected chi connectivity index (χ3v) is 2.80. The lowest BCUT2D eigenvalue weighted by atomic mass is 10.1. The van der Waals surface area contributed by atoms with Crippen LogP contribution in [0.4, 0.5) is 4.79 Å². The van der Waals surface area contributed by atoms with E-state index in [0.29, 0.717) is 6.54 Å². The van der Waals surface area contributed by atoms with Crippen LogP contribution in [0.3, 0.4) is 0 Å². The van der Waals surface area contributed by atoms with E-state index < -0.39 is 0 Å². The van der Waals surface area contributed by atoms with Crippen LogP contribution >= 0.6 is 0 Å². The summed E-state index contributed by atoms with van der Waals surface area (Å²) < 4.78 is 10.5. The molecule has 20 heavy (non-hydrogen) atoms. The second kappa shape index (κ2) is 8.30. The fourth-order valence-corrected chi connectivity index (χ4v) is 1.84. The van der Waals surface area contributed by atoms with Crippen molar-refractivity contribution in [1.82, 2.24) is 10.6 Å². The zero-order valence-corrected chi connectivity index (χ0v) is 12.7. The van der Waals surface area contributed by atoms with Crippen molar-refractivity contribution in [3.63, 3.8) is 0 Å². The van der Waals surface area contributed by atoms with E-state index in [4.69, 9.17) is 9.47 Å². The number of benzene rings is 1. The number of ether oxygens (including phenoxy) is 2. The second-order valence-electron chi connectivity index (χ2n) is 4.85. The van der Waals surface area contributed by atoms with Gasteiger partial charge < -0.3 is 20.1 Å². The standard InChI is InChI=1S/C15H24N2O3/c1-11(2)17-15(18)16-9-5-6-12-7-8-13(19-3)14(10-12)20-4/h7-8,10-11H,5-6,9H2,1-4H3,(H2,16,17,18). The van der Waals surface area contributed by atoms with Gasteiger partial charge in [-0.25, -0.2) is 4.79 Å². The van der Waals surface area contributed by atoms with E-state index in [0.717, 1.165) is 29.9 Å². The summed E-state index contributed by atoms with van der Waals surface area (Å²) >= 11 is 0. The van der Waals surface area contributed by atoms with Crippen molar-refractivity contribution in [1.29, 1.82) is 0 Å². The predicted octanol–water partition coefficient (Wildman–Crippen LogP) is 2.34. The zero-order valence-electron chi connectivity index (χ0n) is 12.7. The van der Waals surface area contributed by atoms with Crippen molar-refractivity contribution in [2.75, 3.05) is 20.8 Å². The number of amides is 2. The Morgan fingerprint density at radius 1 is 1.20 bits per heavy atom. The molecule has 1 aromatic carbocycles. The van der Waals surface area contributed by atoms with Gasteiger partial charge in [-0.15, -0.1) is 0 Å². The molecule has 0 aromatic heterocycles. The van der Waals surface area contributed by atoms with Gasteiger partial charge in [0, 0.05) is 12.6 Å². The molecule has 0 heterocycles. The fraction of sp³-hybridized carbons (Fsp3) is 0.533. The molecule has 0 saturated heterocycles. The maximum absolute atomic E-state index is 11.4. The molecule has 0 spiro atoms. The van der Waals surface area contributed by atoms with Gasteiger partial charge >= 0.3 is 6.03 Å². The Labute approximate surface area is 120 Å². The second-order valence-corrected chi connectivity index (χ2v) is 4.85. The van der Waals surface area contributed by atoms with Gasteiger partial charge in [0.05, 0.1) is 14.2 Å². The van der Waals surface area contributed by atoms with Crippen molar-refractivity contribution in [3.8, 4) is 11.5 Å². The quantitative estimate of drug-likeness (QED) is 0.754. The third kappa shape index (κ3) is 5.38. The van der Waals surface area contributed by atoms with E-state index in [2.05, 4.69) is 10.6 Å². The minimum absolute atomic E-state index is 0.118. The van der Waals surface area contributed by atoms with Crippen LogP contribution in [0.5, 0.6) is 11.5 Å². The Morgan fingerprint density at radius 3 is 2.50 bits per heavy atom. The molecular weight excluding hydrogens is 256 g/mol. The number of methoxy groups -OCH3 is 2. The molecule has 0 aliphatic heterocycles. The van der Waals surface area contributed by atoms with Gasteiger partial charge in [0.25, 0.3) is 0 Å². The summed E-state index contributed by atoms with van der Waals surface area (Å²) in [7, 11) is 3.24. The Bertz CT molecular complexity index is 433. The van der Waals surface area contributed by atoms with Gasteiger partial charge in [-0.3, -0.25) is 0 Å². The molecule has 2 N–H and O–H groups in total. The normalized spacial score (nSPS) is 10.2. The molecule has 0 saturated carbocycles. The van der Waals surface area contributed by atoms with Crippen LogP contribution in [-0.2, 0) is 6.42 Å². The van der Waals surface area contributed by atoms with Crippen LogP contribution < -0.4 is 20.1 Å². The number of carbonyl (C=O) groups excluding carboxylic acids is 1. The molecule has 5 nitrogen and oxygen atoms in total.